The van der Waals surface area contributed by atoms with E-state index in [0.29, 0.717) is 11.2 Å². The number of aliphatic hydroxyl groups is 1. The molecule has 2 aromatic heterocycles. The number of unbranched alkanes of at least 4 members (excludes halogenated alkanes) is 1. The number of pyridine rings is 1. The highest BCUT2D eigenvalue weighted by atomic mass is 16.2. The minimum Gasteiger partial charge on any atom is -0.396 e. The fraction of sp³-hybridized carbons (Fsp3) is 0.250. The third kappa shape index (κ3) is 3.55. The van der Waals surface area contributed by atoms with Crippen LogP contribution in [0, 0.1) is 18.3 Å². The first-order chi connectivity index (χ1) is 14.2. The molecule has 146 valence electrons. The van der Waals surface area contributed by atoms with Crippen molar-refractivity contribution in [2.24, 2.45) is 0 Å². The molecule has 0 bridgehead atoms. The Labute approximate surface area is 170 Å². The first-order valence-corrected chi connectivity index (χ1v) is 9.96. The number of hydrogen-bond donors (Lipinski definition) is 2. The van der Waals surface area contributed by atoms with E-state index < -0.39 is 0 Å². The highest BCUT2D eigenvalue weighted by Gasteiger charge is 2.20. The van der Waals surface area contributed by atoms with Crippen LogP contribution < -0.4 is 5.32 Å². The van der Waals surface area contributed by atoms with Gasteiger partial charge in [0.15, 0.2) is 5.65 Å². The Morgan fingerprint density at radius 3 is 2.59 bits per heavy atom. The summed E-state index contributed by atoms with van der Waals surface area (Å²) in [5.74, 6) is 0.979. The van der Waals surface area contributed by atoms with Crippen LogP contribution in [0.5, 0.6) is 0 Å². The molecule has 4 rings (SSSR count). The van der Waals surface area contributed by atoms with E-state index >= 15 is 0 Å². The van der Waals surface area contributed by atoms with E-state index in [0.717, 1.165) is 53.8 Å². The lowest BCUT2D eigenvalue weighted by atomic mass is 9.97. The van der Waals surface area contributed by atoms with Gasteiger partial charge in [-0.3, -0.25) is 4.40 Å². The van der Waals surface area contributed by atoms with E-state index in [1.165, 1.54) is 5.56 Å². The molecule has 2 N–H and O–H groups in total. The van der Waals surface area contributed by atoms with Gasteiger partial charge < -0.3 is 10.4 Å². The summed E-state index contributed by atoms with van der Waals surface area (Å²) in [6.45, 7) is 2.94. The molecule has 2 heterocycles. The highest BCUT2D eigenvalue weighted by Crippen LogP contribution is 2.32. The van der Waals surface area contributed by atoms with Crippen molar-refractivity contribution in [2.75, 3.05) is 18.5 Å². The fourth-order valence-electron chi connectivity index (χ4n) is 3.83. The van der Waals surface area contributed by atoms with E-state index in [2.05, 4.69) is 27.9 Å². The summed E-state index contributed by atoms with van der Waals surface area (Å²) in [4.78, 5) is 4.76. The maximum atomic E-state index is 9.92. The second-order valence-electron chi connectivity index (χ2n) is 7.22. The molecule has 4 aromatic rings. The number of benzene rings is 2. The fourth-order valence-corrected chi connectivity index (χ4v) is 3.83. The third-order valence-electron chi connectivity index (χ3n) is 5.33. The molecule has 0 spiro atoms. The van der Waals surface area contributed by atoms with Gasteiger partial charge in [-0.25, -0.2) is 4.98 Å². The van der Waals surface area contributed by atoms with Gasteiger partial charge in [0.25, 0.3) is 0 Å². The largest absolute Gasteiger partial charge is 0.396 e. The summed E-state index contributed by atoms with van der Waals surface area (Å²) in [6, 6.07) is 20.7. The second-order valence-corrected chi connectivity index (χ2v) is 7.22. The Balaban J connectivity index is 1.96. The normalized spacial score (nSPS) is 11.1. The number of aliphatic hydroxyl groups excluding tert-OH is 1. The van der Waals surface area contributed by atoms with E-state index in [4.69, 9.17) is 10.1 Å². The number of anilines is 1. The Morgan fingerprint density at radius 1 is 1.07 bits per heavy atom. The molecular weight excluding hydrogens is 360 g/mol. The molecule has 0 aliphatic heterocycles. The number of fused-ring (bicyclic) bond motifs is 3. The van der Waals surface area contributed by atoms with Crippen LogP contribution in [0.25, 0.3) is 16.7 Å². The van der Waals surface area contributed by atoms with E-state index in [9.17, 15) is 5.26 Å². The summed E-state index contributed by atoms with van der Waals surface area (Å²) in [6.07, 6.45) is 2.35. The molecule has 0 radical (unpaired) electrons. The summed E-state index contributed by atoms with van der Waals surface area (Å²) in [5.41, 5.74) is 6.43. The minimum absolute atomic E-state index is 0.189. The molecule has 0 saturated carbocycles. The van der Waals surface area contributed by atoms with Gasteiger partial charge in [0, 0.05) is 25.1 Å². The van der Waals surface area contributed by atoms with Crippen LogP contribution in [0.15, 0.2) is 54.6 Å². The van der Waals surface area contributed by atoms with Gasteiger partial charge >= 0.3 is 0 Å². The molecule has 29 heavy (non-hydrogen) atoms. The zero-order valence-electron chi connectivity index (χ0n) is 16.5. The Hall–Kier alpha value is -3.36. The van der Waals surface area contributed by atoms with Crippen molar-refractivity contribution < 1.29 is 5.11 Å². The van der Waals surface area contributed by atoms with Crippen molar-refractivity contribution in [1.29, 1.82) is 5.26 Å². The van der Waals surface area contributed by atoms with Gasteiger partial charge in [-0.1, -0.05) is 42.5 Å². The van der Waals surface area contributed by atoms with Crippen LogP contribution in [-0.2, 0) is 6.42 Å². The van der Waals surface area contributed by atoms with Gasteiger partial charge in [-0.05, 0) is 43.0 Å². The average Bonchev–Trinajstić information content (AvgIpc) is 3.13. The highest BCUT2D eigenvalue weighted by molar-refractivity contribution is 5.86. The van der Waals surface area contributed by atoms with Crippen LogP contribution in [0.1, 0.15) is 35.1 Å². The van der Waals surface area contributed by atoms with Gasteiger partial charge in [-0.2, -0.15) is 5.26 Å². The molecule has 2 aromatic carbocycles. The molecule has 0 amide bonds. The molecule has 0 aliphatic rings. The first kappa shape index (κ1) is 19.0. The minimum atomic E-state index is 0.189. The van der Waals surface area contributed by atoms with Crippen molar-refractivity contribution in [3.05, 3.63) is 76.9 Å². The quantitative estimate of drug-likeness (QED) is 0.462. The second kappa shape index (κ2) is 8.34. The van der Waals surface area contributed by atoms with Crippen LogP contribution in [0.2, 0.25) is 0 Å². The predicted octanol–water partition coefficient (Wildman–Crippen LogP) is 4.44. The van der Waals surface area contributed by atoms with Crippen LogP contribution in [-0.4, -0.2) is 27.6 Å². The molecule has 0 aliphatic carbocycles. The maximum Gasteiger partial charge on any atom is 0.157 e. The number of hydrogen-bond acceptors (Lipinski definition) is 4. The van der Waals surface area contributed by atoms with E-state index in [1.54, 1.807) is 0 Å². The molecule has 5 heteroatoms. The van der Waals surface area contributed by atoms with Crippen molar-refractivity contribution in [2.45, 2.75) is 26.2 Å². The molecule has 0 fully saturated rings. The first-order valence-electron chi connectivity index (χ1n) is 9.96. The smallest absolute Gasteiger partial charge is 0.157 e. The lowest BCUT2D eigenvalue weighted by Gasteiger charge is -2.19. The Kier molecular flexibility index (Phi) is 5.46. The van der Waals surface area contributed by atoms with Gasteiger partial charge in [0.05, 0.1) is 16.6 Å². The van der Waals surface area contributed by atoms with Crippen molar-refractivity contribution in [3.63, 3.8) is 0 Å². The SMILES string of the molecule is Cc1c(Cc2ccccc2)c(NCCCCO)n2c(nc3ccccc32)c1C#N. The molecule has 0 unspecified atom stereocenters. The van der Waals surface area contributed by atoms with Crippen LogP contribution >= 0.6 is 0 Å². The van der Waals surface area contributed by atoms with E-state index in [-0.39, 0.29) is 6.61 Å². The molecule has 0 atom stereocenters. The number of nitriles is 1. The lowest BCUT2D eigenvalue weighted by molar-refractivity contribution is 0.286. The maximum absolute atomic E-state index is 9.92. The Morgan fingerprint density at radius 2 is 1.83 bits per heavy atom. The zero-order valence-corrected chi connectivity index (χ0v) is 16.5. The number of nitrogens with zero attached hydrogens (tertiary/aromatic N) is 3. The summed E-state index contributed by atoms with van der Waals surface area (Å²) in [5, 5.41) is 22.6. The summed E-state index contributed by atoms with van der Waals surface area (Å²) >= 11 is 0. The van der Waals surface area contributed by atoms with Crippen molar-refractivity contribution >= 4 is 22.5 Å². The standard InChI is InChI=1S/C24H24N4O/c1-17-19(15-18-9-3-2-4-10-18)23(26-13-7-8-14-29)28-22-12-6-5-11-21(22)27-24(28)20(17)16-25/h2-6,9-12,26,29H,7-8,13-15H2,1H3. The monoisotopic (exact) mass is 384 g/mol. The number of rotatable bonds is 7. The molecule has 5 nitrogen and oxygen atoms in total. The number of para-hydroxylation sites is 2. The van der Waals surface area contributed by atoms with Gasteiger partial charge in [-0.15, -0.1) is 0 Å². The van der Waals surface area contributed by atoms with Crippen molar-refractivity contribution in [1.82, 2.24) is 9.38 Å². The Bertz CT molecular complexity index is 1190. The summed E-state index contributed by atoms with van der Waals surface area (Å²) < 4.78 is 2.08. The molecular formula is C24H24N4O. The number of nitrogens with one attached hydrogen (secondary N) is 1. The average molecular weight is 384 g/mol. The van der Waals surface area contributed by atoms with E-state index in [1.807, 2.05) is 49.4 Å². The van der Waals surface area contributed by atoms with Gasteiger partial charge in [0.2, 0.25) is 0 Å². The zero-order chi connectivity index (χ0) is 20.2. The van der Waals surface area contributed by atoms with Crippen LogP contribution in [0.3, 0.4) is 0 Å². The number of aromatic nitrogens is 2. The van der Waals surface area contributed by atoms with Crippen molar-refractivity contribution in [3.8, 4) is 6.07 Å². The predicted molar refractivity (Wildman–Crippen MR) is 116 cm³/mol. The van der Waals surface area contributed by atoms with Crippen LogP contribution in [0.4, 0.5) is 5.82 Å². The third-order valence-corrected chi connectivity index (χ3v) is 5.33. The van der Waals surface area contributed by atoms with Gasteiger partial charge in [0.1, 0.15) is 11.9 Å². The topological polar surface area (TPSA) is 73.3 Å². The number of imidazole rings is 1. The summed E-state index contributed by atoms with van der Waals surface area (Å²) in [7, 11) is 0. The molecule has 0 saturated heterocycles. The lowest BCUT2D eigenvalue weighted by Crippen LogP contribution is -2.13.